The number of halogens is 1. The lowest BCUT2D eigenvalue weighted by Gasteiger charge is -2.19. The second-order valence-electron chi connectivity index (χ2n) is 5.97. The lowest BCUT2D eigenvalue weighted by Crippen LogP contribution is -2.15. The minimum atomic E-state index is -0.119. The molecule has 0 bridgehead atoms. The Morgan fingerprint density at radius 1 is 1.24 bits per heavy atom. The Kier molecular flexibility index (Phi) is 5.15. The van der Waals surface area contributed by atoms with Gasteiger partial charge in [-0.3, -0.25) is 0 Å². The monoisotopic (exact) mass is 308 g/mol. The van der Waals surface area contributed by atoms with Gasteiger partial charge in [0.05, 0.1) is 17.5 Å². The Labute approximate surface area is 132 Å². The van der Waals surface area contributed by atoms with Crippen LogP contribution in [0.25, 0.3) is 11.0 Å². The molecular weight excluding hydrogens is 284 g/mol. The van der Waals surface area contributed by atoms with Crippen LogP contribution in [0.2, 0.25) is 0 Å². The summed E-state index contributed by atoms with van der Waals surface area (Å²) < 4.78 is 7.95. The van der Waals surface area contributed by atoms with Crippen LogP contribution in [0.5, 0.6) is 5.75 Å². The van der Waals surface area contributed by atoms with Gasteiger partial charge in [-0.15, -0.1) is 11.6 Å². The van der Waals surface area contributed by atoms with Crippen molar-refractivity contribution < 1.29 is 4.74 Å². The number of fused-ring (bicyclic) bond motifs is 1. The van der Waals surface area contributed by atoms with E-state index in [2.05, 4.69) is 31.4 Å². The molecule has 0 aliphatic rings. The van der Waals surface area contributed by atoms with Crippen molar-refractivity contribution in [2.45, 2.75) is 46.5 Å². The van der Waals surface area contributed by atoms with E-state index in [4.69, 9.17) is 21.3 Å². The maximum absolute atomic E-state index is 6.35. The molecule has 0 saturated carbocycles. The summed E-state index contributed by atoms with van der Waals surface area (Å²) in [6, 6.07) is 6.09. The molecule has 2 unspecified atom stereocenters. The van der Waals surface area contributed by atoms with Crippen LogP contribution in [0.1, 0.15) is 45.8 Å². The molecule has 0 N–H and O–H groups in total. The number of nitrogens with zero attached hydrogens (tertiary/aromatic N) is 2. The van der Waals surface area contributed by atoms with Gasteiger partial charge in [0.1, 0.15) is 17.1 Å². The quantitative estimate of drug-likeness (QED) is 0.700. The Hall–Kier alpha value is -1.22. The highest BCUT2D eigenvalue weighted by atomic mass is 35.5. The average molecular weight is 309 g/mol. The molecule has 0 spiro atoms. The number of aromatic nitrogens is 2. The molecule has 116 valence electrons. The van der Waals surface area contributed by atoms with Crippen LogP contribution < -0.4 is 4.74 Å². The third-order valence-corrected chi connectivity index (χ3v) is 4.23. The fourth-order valence-electron chi connectivity index (χ4n) is 2.41. The molecule has 1 aromatic carbocycles. The summed E-state index contributed by atoms with van der Waals surface area (Å²) >= 11 is 6.35. The highest BCUT2D eigenvalue weighted by Crippen LogP contribution is 2.31. The van der Waals surface area contributed by atoms with Crippen molar-refractivity contribution >= 4 is 22.6 Å². The molecular formula is C17H25ClN2O. The van der Waals surface area contributed by atoms with E-state index in [9.17, 15) is 0 Å². The van der Waals surface area contributed by atoms with Crippen molar-refractivity contribution in [2.24, 2.45) is 11.8 Å². The van der Waals surface area contributed by atoms with Crippen molar-refractivity contribution in [1.29, 1.82) is 0 Å². The predicted molar refractivity (Wildman–Crippen MR) is 89.2 cm³/mol. The summed E-state index contributed by atoms with van der Waals surface area (Å²) in [5, 5.41) is -0.119. The first-order valence-corrected chi connectivity index (χ1v) is 8.15. The largest absolute Gasteiger partial charge is 0.492 e. The smallest absolute Gasteiger partial charge is 0.147 e. The maximum Gasteiger partial charge on any atom is 0.147 e. The highest BCUT2D eigenvalue weighted by molar-refractivity contribution is 6.20. The number of para-hydroxylation sites is 1. The molecule has 0 radical (unpaired) electrons. The zero-order valence-corrected chi connectivity index (χ0v) is 14.3. The summed E-state index contributed by atoms with van der Waals surface area (Å²) in [7, 11) is 0. The molecule has 2 rings (SSSR count). The molecule has 1 heterocycles. The molecule has 4 heteroatoms. The van der Waals surface area contributed by atoms with Crippen LogP contribution in [0.4, 0.5) is 0 Å². The van der Waals surface area contributed by atoms with Crippen LogP contribution >= 0.6 is 11.6 Å². The van der Waals surface area contributed by atoms with Crippen LogP contribution in [-0.4, -0.2) is 16.2 Å². The summed E-state index contributed by atoms with van der Waals surface area (Å²) in [4.78, 5) is 4.75. The fourth-order valence-corrected chi connectivity index (χ4v) is 2.57. The molecule has 2 aromatic rings. The van der Waals surface area contributed by atoms with E-state index in [1.54, 1.807) is 0 Å². The van der Waals surface area contributed by atoms with E-state index in [1.165, 1.54) is 0 Å². The van der Waals surface area contributed by atoms with Gasteiger partial charge in [0.15, 0.2) is 0 Å². The van der Waals surface area contributed by atoms with Gasteiger partial charge in [-0.25, -0.2) is 4.98 Å². The molecule has 1 aromatic heterocycles. The number of rotatable bonds is 6. The van der Waals surface area contributed by atoms with Crippen molar-refractivity contribution in [3.8, 4) is 5.75 Å². The number of ether oxygens (including phenoxy) is 1. The zero-order chi connectivity index (χ0) is 15.6. The van der Waals surface area contributed by atoms with Gasteiger partial charge in [0.2, 0.25) is 0 Å². The summed E-state index contributed by atoms with van der Waals surface area (Å²) in [6.45, 7) is 12.3. The Balaban J connectivity index is 2.55. The molecule has 0 aliphatic carbocycles. The third-order valence-electron chi connectivity index (χ3n) is 4.04. The van der Waals surface area contributed by atoms with Crippen LogP contribution in [0.3, 0.4) is 0 Å². The SMILES string of the molecule is CCOc1cccc2c1nc(C(C)Cl)n2CC(C)C(C)C. The van der Waals surface area contributed by atoms with Gasteiger partial charge in [-0.2, -0.15) is 0 Å². The second kappa shape index (κ2) is 6.69. The molecule has 0 saturated heterocycles. The van der Waals surface area contributed by atoms with Gasteiger partial charge in [-0.1, -0.05) is 26.8 Å². The fraction of sp³-hybridized carbons (Fsp3) is 0.588. The van der Waals surface area contributed by atoms with E-state index < -0.39 is 0 Å². The first-order chi connectivity index (χ1) is 9.95. The van der Waals surface area contributed by atoms with Gasteiger partial charge in [0, 0.05) is 6.54 Å². The lowest BCUT2D eigenvalue weighted by molar-refractivity contribution is 0.343. The summed E-state index contributed by atoms with van der Waals surface area (Å²) in [6.07, 6.45) is 0. The molecule has 3 nitrogen and oxygen atoms in total. The van der Waals surface area contributed by atoms with Crippen molar-refractivity contribution in [3.05, 3.63) is 24.0 Å². The summed E-state index contributed by atoms with van der Waals surface area (Å²) in [5.74, 6) is 2.94. The van der Waals surface area contributed by atoms with Gasteiger partial charge >= 0.3 is 0 Å². The van der Waals surface area contributed by atoms with Crippen LogP contribution in [-0.2, 0) is 6.54 Å². The van der Waals surface area contributed by atoms with Gasteiger partial charge in [-0.05, 0) is 37.8 Å². The topological polar surface area (TPSA) is 27.1 Å². The van der Waals surface area contributed by atoms with E-state index in [-0.39, 0.29) is 5.38 Å². The second-order valence-corrected chi connectivity index (χ2v) is 6.63. The Bertz CT molecular complexity index is 604. The van der Waals surface area contributed by atoms with Gasteiger partial charge in [0.25, 0.3) is 0 Å². The van der Waals surface area contributed by atoms with E-state index in [1.807, 2.05) is 26.0 Å². The van der Waals surface area contributed by atoms with Crippen LogP contribution in [0, 0.1) is 11.8 Å². The lowest BCUT2D eigenvalue weighted by atomic mass is 9.98. The first-order valence-electron chi connectivity index (χ1n) is 7.71. The molecule has 0 aliphatic heterocycles. The van der Waals surface area contributed by atoms with Gasteiger partial charge < -0.3 is 9.30 Å². The van der Waals surface area contributed by atoms with E-state index in [0.717, 1.165) is 29.2 Å². The average Bonchev–Trinajstić information content (AvgIpc) is 2.79. The van der Waals surface area contributed by atoms with Crippen molar-refractivity contribution in [3.63, 3.8) is 0 Å². The standard InChI is InChI=1S/C17H25ClN2O/c1-6-21-15-9-7-8-14-16(15)19-17(13(5)18)20(14)10-12(4)11(2)3/h7-9,11-13H,6,10H2,1-5H3. The van der Waals surface area contributed by atoms with Crippen LogP contribution in [0.15, 0.2) is 18.2 Å². The number of alkyl halides is 1. The molecule has 2 atom stereocenters. The number of imidazole rings is 1. The zero-order valence-electron chi connectivity index (χ0n) is 13.6. The van der Waals surface area contributed by atoms with Crippen molar-refractivity contribution in [2.75, 3.05) is 6.61 Å². The van der Waals surface area contributed by atoms with E-state index >= 15 is 0 Å². The molecule has 0 fully saturated rings. The third kappa shape index (κ3) is 3.34. The molecule has 21 heavy (non-hydrogen) atoms. The van der Waals surface area contributed by atoms with Crippen molar-refractivity contribution in [1.82, 2.24) is 9.55 Å². The first kappa shape index (κ1) is 16.2. The normalized spacial score (nSPS) is 14.6. The minimum Gasteiger partial charge on any atom is -0.492 e. The number of hydrogen-bond donors (Lipinski definition) is 0. The summed E-state index contributed by atoms with van der Waals surface area (Å²) in [5.41, 5.74) is 2.02. The predicted octanol–water partition coefficient (Wildman–Crippen LogP) is 5.03. The number of hydrogen-bond acceptors (Lipinski definition) is 2. The minimum absolute atomic E-state index is 0.119. The Morgan fingerprint density at radius 2 is 1.95 bits per heavy atom. The van der Waals surface area contributed by atoms with E-state index in [0.29, 0.717) is 18.4 Å². The molecule has 0 amide bonds. The highest BCUT2D eigenvalue weighted by Gasteiger charge is 2.19. The Morgan fingerprint density at radius 3 is 2.52 bits per heavy atom. The maximum atomic E-state index is 6.35. The number of benzene rings is 1.